The summed E-state index contributed by atoms with van der Waals surface area (Å²) in [4.78, 5) is 29.6. The van der Waals surface area contributed by atoms with Gasteiger partial charge in [0.2, 0.25) is 0 Å². The highest BCUT2D eigenvalue weighted by molar-refractivity contribution is 7.22. The molecule has 0 bridgehead atoms. The quantitative estimate of drug-likeness (QED) is 0.332. The number of nitro groups is 1. The molecule has 8 heteroatoms. The van der Waals surface area contributed by atoms with Crippen LogP contribution in [-0.4, -0.2) is 15.8 Å². The third-order valence-corrected chi connectivity index (χ3v) is 5.68. The highest BCUT2D eigenvalue weighted by atomic mass is 32.1. The van der Waals surface area contributed by atoms with Gasteiger partial charge in [0.25, 0.3) is 5.91 Å². The molecule has 2 heterocycles. The Labute approximate surface area is 170 Å². The number of hydrogen-bond donors (Lipinski definition) is 0. The maximum atomic E-state index is 13.2. The molecule has 146 valence electrons. The van der Waals surface area contributed by atoms with Crippen LogP contribution < -0.4 is 4.90 Å². The van der Waals surface area contributed by atoms with E-state index in [-0.39, 0.29) is 12.3 Å². The Morgan fingerprint density at radius 1 is 1.14 bits per heavy atom. The maximum Gasteiger partial charge on any atom is 0.433 e. The predicted molar refractivity (Wildman–Crippen MR) is 111 cm³/mol. The van der Waals surface area contributed by atoms with Crippen molar-refractivity contribution in [2.24, 2.45) is 0 Å². The van der Waals surface area contributed by atoms with E-state index in [4.69, 9.17) is 4.42 Å². The molecule has 29 heavy (non-hydrogen) atoms. The lowest BCUT2D eigenvalue weighted by Gasteiger charge is -2.18. The third-order valence-electron chi connectivity index (χ3n) is 4.63. The molecule has 0 aliphatic carbocycles. The van der Waals surface area contributed by atoms with E-state index in [1.807, 2.05) is 50.2 Å². The molecule has 2 aromatic carbocycles. The summed E-state index contributed by atoms with van der Waals surface area (Å²) in [5, 5.41) is 11.4. The number of anilines is 1. The number of benzene rings is 2. The van der Waals surface area contributed by atoms with Crippen molar-refractivity contribution >= 4 is 38.5 Å². The Balaban J connectivity index is 1.77. The number of hydrogen-bond acceptors (Lipinski definition) is 6. The molecule has 0 aliphatic heterocycles. The van der Waals surface area contributed by atoms with Crippen molar-refractivity contribution in [3.63, 3.8) is 0 Å². The fourth-order valence-electron chi connectivity index (χ4n) is 2.95. The smallest absolute Gasteiger partial charge is 0.395 e. The topological polar surface area (TPSA) is 89.5 Å². The highest BCUT2D eigenvalue weighted by Gasteiger charge is 2.26. The van der Waals surface area contributed by atoms with E-state index in [2.05, 4.69) is 11.1 Å². The van der Waals surface area contributed by atoms with Gasteiger partial charge < -0.3 is 4.42 Å². The normalized spacial score (nSPS) is 11.0. The third kappa shape index (κ3) is 3.74. The average molecular weight is 407 g/mol. The molecule has 0 atom stereocenters. The number of amides is 1. The molecular weight excluding hydrogens is 390 g/mol. The Hall–Kier alpha value is -3.52. The van der Waals surface area contributed by atoms with Gasteiger partial charge in [-0.15, -0.1) is 0 Å². The fourth-order valence-corrected chi connectivity index (χ4v) is 3.99. The van der Waals surface area contributed by atoms with Crippen LogP contribution in [0.5, 0.6) is 0 Å². The van der Waals surface area contributed by atoms with Crippen LogP contribution in [0.3, 0.4) is 0 Å². The van der Waals surface area contributed by atoms with E-state index in [0.29, 0.717) is 5.13 Å². The minimum absolute atomic E-state index is 0.0979. The minimum atomic E-state index is -0.665. The van der Waals surface area contributed by atoms with Gasteiger partial charge in [-0.3, -0.25) is 19.8 Å². The van der Waals surface area contributed by atoms with E-state index in [0.717, 1.165) is 26.9 Å². The van der Waals surface area contributed by atoms with Crippen molar-refractivity contribution in [2.45, 2.75) is 20.4 Å². The largest absolute Gasteiger partial charge is 0.433 e. The van der Waals surface area contributed by atoms with Gasteiger partial charge in [-0.2, -0.15) is 0 Å². The second kappa shape index (κ2) is 7.48. The zero-order chi connectivity index (χ0) is 20.5. The van der Waals surface area contributed by atoms with Gasteiger partial charge in [0.15, 0.2) is 10.9 Å². The summed E-state index contributed by atoms with van der Waals surface area (Å²) in [5.41, 5.74) is 3.99. The molecule has 0 spiro atoms. The lowest BCUT2D eigenvalue weighted by Crippen LogP contribution is -2.30. The van der Waals surface area contributed by atoms with Gasteiger partial charge in [0.05, 0.1) is 22.8 Å². The summed E-state index contributed by atoms with van der Waals surface area (Å²) in [5.74, 6) is -1.04. The van der Waals surface area contributed by atoms with Crippen LogP contribution in [0.4, 0.5) is 11.0 Å². The zero-order valence-electron chi connectivity index (χ0n) is 15.8. The number of rotatable bonds is 5. The number of thiazole rings is 1. The van der Waals surface area contributed by atoms with Crippen molar-refractivity contribution in [2.75, 3.05) is 4.90 Å². The van der Waals surface area contributed by atoms with Crippen molar-refractivity contribution in [3.05, 3.63) is 87.2 Å². The summed E-state index contributed by atoms with van der Waals surface area (Å²) in [6.07, 6.45) is 0. The van der Waals surface area contributed by atoms with Gasteiger partial charge in [0, 0.05) is 0 Å². The summed E-state index contributed by atoms with van der Waals surface area (Å²) in [6.45, 7) is 4.32. The van der Waals surface area contributed by atoms with Crippen LogP contribution in [0.15, 0.2) is 59.0 Å². The van der Waals surface area contributed by atoms with Crippen LogP contribution in [0.2, 0.25) is 0 Å². The van der Waals surface area contributed by atoms with E-state index in [9.17, 15) is 14.9 Å². The molecule has 2 aromatic heterocycles. The Morgan fingerprint density at radius 3 is 2.55 bits per heavy atom. The Kier molecular flexibility index (Phi) is 4.85. The summed E-state index contributed by atoms with van der Waals surface area (Å²) in [6, 6.07) is 16.0. The molecule has 4 rings (SSSR count). The van der Waals surface area contributed by atoms with E-state index >= 15 is 0 Å². The molecule has 0 fully saturated rings. The first-order valence-corrected chi connectivity index (χ1v) is 9.72. The van der Waals surface area contributed by atoms with Crippen LogP contribution in [-0.2, 0) is 6.54 Å². The highest BCUT2D eigenvalue weighted by Crippen LogP contribution is 2.33. The SMILES string of the molecule is Cc1cc2nc(N(Cc3ccccc3)C(=O)c3ccc([N+](=O)[O-])o3)sc2cc1C. The summed E-state index contributed by atoms with van der Waals surface area (Å²) in [7, 11) is 0. The maximum absolute atomic E-state index is 13.2. The van der Waals surface area contributed by atoms with Crippen molar-refractivity contribution < 1.29 is 14.1 Å². The molecule has 4 aromatic rings. The first-order valence-electron chi connectivity index (χ1n) is 8.90. The van der Waals surface area contributed by atoms with Gasteiger partial charge in [0.1, 0.15) is 4.92 Å². The van der Waals surface area contributed by atoms with E-state index < -0.39 is 16.7 Å². The van der Waals surface area contributed by atoms with E-state index in [1.54, 1.807) is 0 Å². The molecule has 0 radical (unpaired) electrons. The molecule has 0 aliphatic rings. The number of carbonyl (C=O) groups is 1. The zero-order valence-corrected chi connectivity index (χ0v) is 16.6. The van der Waals surface area contributed by atoms with Crippen LogP contribution in [0.25, 0.3) is 10.2 Å². The molecule has 0 unspecified atom stereocenters. The van der Waals surface area contributed by atoms with Crippen LogP contribution in [0, 0.1) is 24.0 Å². The van der Waals surface area contributed by atoms with Crippen molar-refractivity contribution in [1.29, 1.82) is 0 Å². The van der Waals surface area contributed by atoms with Gasteiger partial charge in [-0.1, -0.05) is 41.7 Å². The van der Waals surface area contributed by atoms with E-state index in [1.165, 1.54) is 28.4 Å². The van der Waals surface area contributed by atoms with Gasteiger partial charge in [-0.05, 0) is 48.7 Å². The second-order valence-corrected chi connectivity index (χ2v) is 7.68. The molecule has 0 N–H and O–H groups in total. The summed E-state index contributed by atoms with van der Waals surface area (Å²) >= 11 is 1.40. The lowest BCUT2D eigenvalue weighted by atomic mass is 10.1. The number of aryl methyl sites for hydroxylation is 2. The predicted octanol–water partition coefficient (Wildman–Crippen LogP) is 5.26. The number of nitrogens with zero attached hydrogens (tertiary/aromatic N) is 3. The first-order chi connectivity index (χ1) is 13.9. The number of fused-ring (bicyclic) bond motifs is 1. The molecular formula is C21H17N3O4S. The van der Waals surface area contributed by atoms with Gasteiger partial charge in [-0.25, -0.2) is 4.98 Å². The van der Waals surface area contributed by atoms with Crippen LogP contribution >= 0.6 is 11.3 Å². The van der Waals surface area contributed by atoms with Crippen molar-refractivity contribution in [1.82, 2.24) is 4.98 Å². The number of furan rings is 1. The number of carbonyl (C=O) groups excluding carboxylic acids is 1. The number of aromatic nitrogens is 1. The molecule has 7 nitrogen and oxygen atoms in total. The van der Waals surface area contributed by atoms with Crippen molar-refractivity contribution in [3.8, 4) is 0 Å². The average Bonchev–Trinajstić information content (AvgIpc) is 3.34. The molecule has 0 saturated heterocycles. The summed E-state index contributed by atoms with van der Waals surface area (Å²) < 4.78 is 6.12. The molecule has 0 saturated carbocycles. The minimum Gasteiger partial charge on any atom is -0.395 e. The second-order valence-electron chi connectivity index (χ2n) is 6.67. The monoisotopic (exact) mass is 407 g/mol. The van der Waals surface area contributed by atoms with Crippen LogP contribution in [0.1, 0.15) is 27.2 Å². The standard InChI is InChI=1S/C21H17N3O4S/c1-13-10-16-18(11-14(13)2)29-21(22-16)23(12-15-6-4-3-5-7-15)20(25)17-8-9-19(28-17)24(26)27/h3-11H,12H2,1-2H3. The van der Waals surface area contributed by atoms with Gasteiger partial charge >= 0.3 is 5.88 Å². The molecule has 1 amide bonds. The first kappa shape index (κ1) is 18.8. The Bertz CT molecular complexity index is 1170. The fraction of sp³-hybridized carbons (Fsp3) is 0.143. The Morgan fingerprint density at radius 2 is 1.86 bits per heavy atom. The lowest BCUT2D eigenvalue weighted by molar-refractivity contribution is -0.402.